The number of halogens is 1. The number of anilines is 1. The molecule has 0 aliphatic heterocycles. The summed E-state index contributed by atoms with van der Waals surface area (Å²) in [5, 5.41) is 21.3. The first-order valence-electron chi connectivity index (χ1n) is 7.64. The maximum Gasteiger partial charge on any atom is 0.343 e. The van der Waals surface area contributed by atoms with Gasteiger partial charge in [0.25, 0.3) is 5.91 Å². The summed E-state index contributed by atoms with van der Waals surface area (Å²) in [6.45, 7) is -0.288. The zero-order valence-corrected chi connectivity index (χ0v) is 15.0. The van der Waals surface area contributed by atoms with Crippen molar-refractivity contribution < 1.29 is 24.2 Å². The third kappa shape index (κ3) is 5.76. The van der Waals surface area contributed by atoms with E-state index in [0.717, 1.165) is 0 Å². The lowest BCUT2D eigenvalue weighted by Gasteiger charge is -2.08. The van der Waals surface area contributed by atoms with E-state index in [4.69, 9.17) is 16.3 Å². The van der Waals surface area contributed by atoms with Crippen molar-refractivity contribution in [3.05, 3.63) is 58.6 Å². The monoisotopic (exact) mass is 386 g/mol. The van der Waals surface area contributed by atoms with Crippen molar-refractivity contribution in [1.82, 2.24) is 0 Å². The minimum Gasteiger partial charge on any atom is -0.508 e. The Kier molecular flexibility index (Phi) is 6.80. The van der Waals surface area contributed by atoms with E-state index < -0.39 is 11.9 Å². The molecule has 0 aliphatic rings. The Bertz CT molecular complexity index is 917. The number of ether oxygens (including phenoxy) is 2. The molecule has 0 fully saturated rings. The highest BCUT2D eigenvalue weighted by Crippen LogP contribution is 2.26. The molecule has 0 spiro atoms. The van der Waals surface area contributed by atoms with Crippen LogP contribution in [0.5, 0.6) is 11.5 Å². The van der Waals surface area contributed by atoms with Crippen LogP contribution in [0.3, 0.4) is 0 Å². The van der Waals surface area contributed by atoms with Crippen LogP contribution in [0.1, 0.15) is 5.56 Å². The Morgan fingerprint density at radius 1 is 1.26 bits per heavy atom. The Morgan fingerprint density at radius 2 is 1.96 bits per heavy atom. The summed E-state index contributed by atoms with van der Waals surface area (Å²) in [4.78, 5) is 23.3. The molecule has 0 saturated heterocycles. The zero-order valence-electron chi connectivity index (χ0n) is 14.2. The van der Waals surface area contributed by atoms with Crippen LogP contribution in [0.15, 0.2) is 48.0 Å². The summed E-state index contributed by atoms with van der Waals surface area (Å²) in [5.74, 6) is -0.822. The number of phenolic OH excluding ortho intramolecular Hbond substituents is 1. The number of carbonyl (C=O) groups is 2. The molecule has 7 nitrogen and oxygen atoms in total. The van der Waals surface area contributed by atoms with Crippen LogP contribution in [0.25, 0.3) is 6.08 Å². The number of hydrogen-bond donors (Lipinski definition) is 2. The SMILES string of the molecule is COC(=O)COc1ccc(/C=C(\C#N)C(=O)Nc2ccc(O)cc2)cc1Cl. The fourth-order valence-corrected chi connectivity index (χ4v) is 2.22. The van der Waals surface area contributed by atoms with E-state index in [1.807, 2.05) is 6.07 Å². The highest BCUT2D eigenvalue weighted by Gasteiger charge is 2.11. The van der Waals surface area contributed by atoms with Crippen molar-refractivity contribution in [3.63, 3.8) is 0 Å². The first kappa shape index (κ1) is 19.8. The van der Waals surface area contributed by atoms with Gasteiger partial charge in [-0.1, -0.05) is 17.7 Å². The topological polar surface area (TPSA) is 109 Å². The van der Waals surface area contributed by atoms with Crippen LogP contribution in [0.2, 0.25) is 5.02 Å². The Hall–Kier alpha value is -3.50. The molecule has 138 valence electrons. The van der Waals surface area contributed by atoms with E-state index in [2.05, 4.69) is 10.1 Å². The van der Waals surface area contributed by atoms with Gasteiger partial charge in [-0.05, 0) is 48.0 Å². The van der Waals surface area contributed by atoms with E-state index in [0.29, 0.717) is 11.3 Å². The largest absolute Gasteiger partial charge is 0.508 e. The third-order valence-corrected chi connectivity index (χ3v) is 3.63. The number of nitriles is 1. The second-order valence-electron chi connectivity index (χ2n) is 5.23. The van der Waals surface area contributed by atoms with Gasteiger partial charge in [0.15, 0.2) is 6.61 Å². The van der Waals surface area contributed by atoms with E-state index in [1.165, 1.54) is 49.6 Å². The molecule has 0 saturated carbocycles. The van der Waals surface area contributed by atoms with Gasteiger partial charge < -0.3 is 19.9 Å². The Morgan fingerprint density at radius 3 is 2.56 bits per heavy atom. The maximum atomic E-state index is 12.2. The molecular formula is C19H15ClN2O5. The van der Waals surface area contributed by atoms with E-state index in [-0.39, 0.29) is 28.7 Å². The molecule has 1 amide bonds. The molecule has 0 unspecified atom stereocenters. The number of nitrogens with one attached hydrogen (secondary N) is 1. The van der Waals surface area contributed by atoms with Gasteiger partial charge in [0.05, 0.1) is 12.1 Å². The Balaban J connectivity index is 2.13. The predicted molar refractivity (Wildman–Crippen MR) is 99.3 cm³/mol. The number of rotatable bonds is 6. The lowest BCUT2D eigenvalue weighted by molar-refractivity contribution is -0.142. The van der Waals surface area contributed by atoms with Crippen molar-refractivity contribution in [2.45, 2.75) is 0 Å². The summed E-state index contributed by atoms with van der Waals surface area (Å²) in [6, 6.07) is 12.3. The zero-order chi connectivity index (χ0) is 19.8. The molecule has 8 heteroatoms. The highest BCUT2D eigenvalue weighted by molar-refractivity contribution is 6.32. The molecule has 0 bridgehead atoms. The molecule has 0 radical (unpaired) electrons. The van der Waals surface area contributed by atoms with Gasteiger partial charge in [-0.25, -0.2) is 4.79 Å². The van der Waals surface area contributed by atoms with Crippen molar-refractivity contribution >= 4 is 35.2 Å². The van der Waals surface area contributed by atoms with Crippen LogP contribution >= 0.6 is 11.6 Å². The number of aromatic hydroxyl groups is 1. The smallest absolute Gasteiger partial charge is 0.343 e. The Labute approximate surface area is 160 Å². The summed E-state index contributed by atoms with van der Waals surface area (Å²) in [7, 11) is 1.24. The van der Waals surface area contributed by atoms with Gasteiger partial charge in [-0.3, -0.25) is 4.79 Å². The van der Waals surface area contributed by atoms with E-state index in [9.17, 15) is 20.0 Å². The summed E-state index contributed by atoms with van der Waals surface area (Å²) in [6.07, 6.45) is 1.37. The normalized spacial score (nSPS) is 10.6. The molecule has 2 N–H and O–H groups in total. The number of nitrogens with zero attached hydrogens (tertiary/aromatic N) is 1. The molecule has 2 aromatic rings. The molecule has 2 aromatic carbocycles. The van der Waals surface area contributed by atoms with Gasteiger partial charge in [0, 0.05) is 5.69 Å². The minimum atomic E-state index is -0.606. The van der Waals surface area contributed by atoms with Gasteiger partial charge in [-0.2, -0.15) is 5.26 Å². The molecule has 2 rings (SSSR count). The second kappa shape index (κ2) is 9.27. The van der Waals surface area contributed by atoms with Crippen molar-refractivity contribution in [1.29, 1.82) is 5.26 Å². The number of amides is 1. The van der Waals surface area contributed by atoms with Gasteiger partial charge in [-0.15, -0.1) is 0 Å². The fourth-order valence-electron chi connectivity index (χ4n) is 1.98. The third-order valence-electron chi connectivity index (χ3n) is 3.33. The average molecular weight is 387 g/mol. The van der Waals surface area contributed by atoms with E-state index in [1.54, 1.807) is 6.07 Å². The molecule has 27 heavy (non-hydrogen) atoms. The summed E-state index contributed by atoms with van der Waals surface area (Å²) >= 11 is 6.09. The van der Waals surface area contributed by atoms with Gasteiger partial charge >= 0.3 is 5.97 Å². The standard InChI is InChI=1S/C19H15ClN2O5/c1-26-18(24)11-27-17-7-2-12(9-16(17)20)8-13(10-21)19(25)22-14-3-5-15(23)6-4-14/h2-9,23H,11H2,1H3,(H,22,25)/b13-8+. The number of esters is 1. The first-order chi connectivity index (χ1) is 12.9. The number of benzene rings is 2. The number of carbonyl (C=O) groups excluding carboxylic acids is 2. The summed E-state index contributed by atoms with van der Waals surface area (Å²) in [5.41, 5.74) is 0.800. The number of hydrogen-bond acceptors (Lipinski definition) is 6. The lowest BCUT2D eigenvalue weighted by atomic mass is 10.1. The van der Waals surface area contributed by atoms with Crippen molar-refractivity contribution in [2.24, 2.45) is 0 Å². The number of phenols is 1. The van der Waals surface area contributed by atoms with E-state index >= 15 is 0 Å². The molecule has 0 heterocycles. The van der Waals surface area contributed by atoms with Crippen molar-refractivity contribution in [3.8, 4) is 17.6 Å². The predicted octanol–water partition coefficient (Wildman–Crippen LogP) is 3.14. The van der Waals surface area contributed by atoms with Crippen LogP contribution in [0, 0.1) is 11.3 Å². The molecule has 0 aromatic heterocycles. The van der Waals surface area contributed by atoms with Gasteiger partial charge in [0.2, 0.25) is 0 Å². The van der Waals surface area contributed by atoms with Crippen LogP contribution in [-0.2, 0) is 14.3 Å². The van der Waals surface area contributed by atoms with Crippen LogP contribution in [-0.4, -0.2) is 30.7 Å². The lowest BCUT2D eigenvalue weighted by Crippen LogP contribution is -2.13. The minimum absolute atomic E-state index is 0.0631. The molecular weight excluding hydrogens is 372 g/mol. The highest BCUT2D eigenvalue weighted by atomic mass is 35.5. The second-order valence-corrected chi connectivity index (χ2v) is 5.63. The van der Waals surface area contributed by atoms with Crippen LogP contribution in [0.4, 0.5) is 5.69 Å². The maximum absolute atomic E-state index is 12.2. The quantitative estimate of drug-likeness (QED) is 0.341. The molecule has 0 atom stereocenters. The van der Waals surface area contributed by atoms with Crippen molar-refractivity contribution in [2.75, 3.05) is 19.0 Å². The average Bonchev–Trinajstić information content (AvgIpc) is 2.66. The first-order valence-corrected chi connectivity index (χ1v) is 8.02. The van der Waals surface area contributed by atoms with Crippen LogP contribution < -0.4 is 10.1 Å². The number of methoxy groups -OCH3 is 1. The fraction of sp³-hybridized carbons (Fsp3) is 0.105. The van der Waals surface area contributed by atoms with Gasteiger partial charge in [0.1, 0.15) is 23.1 Å². The molecule has 0 aliphatic carbocycles. The summed E-state index contributed by atoms with van der Waals surface area (Å²) < 4.78 is 9.69.